The first kappa shape index (κ1) is 9.72. The summed E-state index contributed by atoms with van der Waals surface area (Å²) in [7, 11) is 2.16. The van der Waals surface area contributed by atoms with Crippen molar-refractivity contribution >= 4 is 11.2 Å². The van der Waals surface area contributed by atoms with Crippen molar-refractivity contribution in [3.8, 4) is 0 Å². The molecule has 1 N–H and O–H groups in total. The lowest BCUT2D eigenvalue weighted by molar-refractivity contribution is 0.249. The lowest BCUT2D eigenvalue weighted by atomic mass is 9.95. The van der Waals surface area contributed by atoms with Crippen molar-refractivity contribution in [2.24, 2.45) is 0 Å². The average Bonchev–Trinajstić information content (AvgIpc) is 2.72. The lowest BCUT2D eigenvalue weighted by Gasteiger charge is -2.28. The van der Waals surface area contributed by atoms with E-state index in [1.807, 2.05) is 0 Å². The summed E-state index contributed by atoms with van der Waals surface area (Å²) in [5.74, 6) is 0.514. The topological polar surface area (TPSA) is 57.7 Å². The summed E-state index contributed by atoms with van der Waals surface area (Å²) >= 11 is 0. The molecule has 5 nitrogen and oxygen atoms in total. The molecule has 0 amide bonds. The summed E-state index contributed by atoms with van der Waals surface area (Å²) in [5, 5.41) is 7.30. The van der Waals surface area contributed by atoms with Crippen LogP contribution in [0.1, 0.15) is 24.5 Å². The van der Waals surface area contributed by atoms with E-state index < -0.39 is 0 Å². The van der Waals surface area contributed by atoms with Crippen LogP contribution in [0.3, 0.4) is 0 Å². The Morgan fingerprint density at radius 3 is 3.12 bits per heavy atom. The van der Waals surface area contributed by atoms with Crippen molar-refractivity contribution < 1.29 is 0 Å². The molecular weight excluding hydrogens is 202 g/mol. The van der Waals surface area contributed by atoms with Gasteiger partial charge >= 0.3 is 0 Å². The fraction of sp³-hybridized carbons (Fsp3) is 0.545. The SMILES string of the molecule is CN1CCC[C@H](c2[nH]nc3nccnc23)C1. The Labute approximate surface area is 93.9 Å². The summed E-state index contributed by atoms with van der Waals surface area (Å²) in [5.41, 5.74) is 2.81. The Kier molecular flexibility index (Phi) is 2.32. The summed E-state index contributed by atoms with van der Waals surface area (Å²) in [6.45, 7) is 2.27. The van der Waals surface area contributed by atoms with Crippen molar-refractivity contribution in [3.05, 3.63) is 18.1 Å². The number of rotatable bonds is 1. The minimum Gasteiger partial charge on any atom is -0.306 e. The van der Waals surface area contributed by atoms with Crippen LogP contribution in [0.25, 0.3) is 11.2 Å². The fourth-order valence-corrected chi connectivity index (χ4v) is 2.46. The van der Waals surface area contributed by atoms with Gasteiger partial charge in [0, 0.05) is 24.9 Å². The fourth-order valence-electron chi connectivity index (χ4n) is 2.46. The number of likely N-dealkylation sites (N-methyl/N-ethyl adjacent to an activating group) is 1. The number of likely N-dealkylation sites (tertiary alicyclic amines) is 1. The molecule has 0 spiro atoms. The maximum atomic E-state index is 4.37. The lowest BCUT2D eigenvalue weighted by Crippen LogP contribution is -2.31. The molecule has 3 rings (SSSR count). The highest BCUT2D eigenvalue weighted by Crippen LogP contribution is 2.28. The number of H-pyrrole nitrogens is 1. The van der Waals surface area contributed by atoms with Crippen molar-refractivity contribution in [1.82, 2.24) is 25.1 Å². The number of aromatic amines is 1. The van der Waals surface area contributed by atoms with Gasteiger partial charge in [-0.1, -0.05) is 0 Å². The van der Waals surface area contributed by atoms with E-state index in [4.69, 9.17) is 0 Å². The zero-order valence-corrected chi connectivity index (χ0v) is 9.35. The third kappa shape index (κ3) is 1.57. The second kappa shape index (κ2) is 3.83. The normalized spacial score (nSPS) is 22.7. The van der Waals surface area contributed by atoms with Crippen molar-refractivity contribution in [3.63, 3.8) is 0 Å². The Morgan fingerprint density at radius 2 is 2.25 bits per heavy atom. The van der Waals surface area contributed by atoms with Crippen LogP contribution in [-0.2, 0) is 0 Å². The Balaban J connectivity index is 1.99. The predicted octanol–water partition coefficient (Wildman–Crippen LogP) is 1.16. The van der Waals surface area contributed by atoms with Crippen LogP contribution >= 0.6 is 0 Å². The van der Waals surface area contributed by atoms with Gasteiger partial charge in [-0.25, -0.2) is 9.97 Å². The predicted molar refractivity (Wildman–Crippen MR) is 61.2 cm³/mol. The van der Waals surface area contributed by atoms with Crippen molar-refractivity contribution in [2.75, 3.05) is 20.1 Å². The molecule has 1 aliphatic rings. The number of piperidine rings is 1. The van der Waals surface area contributed by atoms with E-state index in [0.29, 0.717) is 5.92 Å². The van der Waals surface area contributed by atoms with Crippen LogP contribution in [0.4, 0.5) is 0 Å². The van der Waals surface area contributed by atoms with Crippen LogP contribution in [0.5, 0.6) is 0 Å². The number of fused-ring (bicyclic) bond motifs is 1. The summed E-state index contributed by atoms with van der Waals surface area (Å²) in [6, 6.07) is 0. The smallest absolute Gasteiger partial charge is 0.199 e. The molecule has 5 heteroatoms. The number of aromatic nitrogens is 4. The van der Waals surface area contributed by atoms with Crippen LogP contribution < -0.4 is 0 Å². The third-order valence-corrected chi connectivity index (χ3v) is 3.25. The van der Waals surface area contributed by atoms with Gasteiger partial charge in [-0.2, -0.15) is 5.10 Å². The monoisotopic (exact) mass is 217 g/mol. The first-order valence-electron chi connectivity index (χ1n) is 5.68. The van der Waals surface area contributed by atoms with Gasteiger partial charge in [0.25, 0.3) is 0 Å². The standard InChI is InChI=1S/C11H15N5/c1-16-6-2-3-8(7-16)9-10-11(15-14-9)13-5-4-12-10/h4-5,8H,2-3,6-7H2,1H3,(H,13,14,15)/t8-/m0/s1. The maximum absolute atomic E-state index is 4.37. The van der Waals surface area contributed by atoms with E-state index in [9.17, 15) is 0 Å². The highest BCUT2D eigenvalue weighted by Gasteiger charge is 2.23. The Hall–Kier alpha value is -1.49. The molecule has 0 aromatic carbocycles. The second-order valence-electron chi connectivity index (χ2n) is 4.47. The minimum atomic E-state index is 0.514. The molecule has 0 bridgehead atoms. The largest absolute Gasteiger partial charge is 0.306 e. The van der Waals surface area contributed by atoms with Gasteiger partial charge < -0.3 is 4.90 Å². The van der Waals surface area contributed by atoms with E-state index >= 15 is 0 Å². The molecule has 0 aliphatic carbocycles. The number of nitrogens with zero attached hydrogens (tertiary/aromatic N) is 4. The molecule has 0 radical (unpaired) electrons. The summed E-state index contributed by atoms with van der Waals surface area (Å²) in [6.07, 6.45) is 5.86. The molecule has 1 fully saturated rings. The molecule has 84 valence electrons. The minimum absolute atomic E-state index is 0.514. The van der Waals surface area contributed by atoms with E-state index in [-0.39, 0.29) is 0 Å². The van der Waals surface area contributed by atoms with E-state index in [1.54, 1.807) is 12.4 Å². The quantitative estimate of drug-likeness (QED) is 0.778. The van der Waals surface area contributed by atoms with Crippen LogP contribution in [0.15, 0.2) is 12.4 Å². The number of hydrogen-bond donors (Lipinski definition) is 1. The molecule has 1 atom stereocenters. The van der Waals surface area contributed by atoms with Gasteiger partial charge in [-0.05, 0) is 26.4 Å². The number of nitrogens with one attached hydrogen (secondary N) is 1. The highest BCUT2D eigenvalue weighted by atomic mass is 15.2. The van der Waals surface area contributed by atoms with E-state index in [1.165, 1.54) is 19.4 Å². The maximum Gasteiger partial charge on any atom is 0.199 e. The highest BCUT2D eigenvalue weighted by molar-refractivity contribution is 5.72. The van der Waals surface area contributed by atoms with Crippen LogP contribution in [0, 0.1) is 0 Å². The first-order chi connectivity index (χ1) is 7.84. The molecule has 2 aromatic heterocycles. The molecule has 3 heterocycles. The number of hydrogen-bond acceptors (Lipinski definition) is 4. The third-order valence-electron chi connectivity index (χ3n) is 3.25. The second-order valence-corrected chi connectivity index (χ2v) is 4.47. The van der Waals surface area contributed by atoms with Gasteiger partial charge in [0.05, 0.1) is 5.69 Å². The molecule has 2 aromatic rings. The van der Waals surface area contributed by atoms with Crippen LogP contribution in [-0.4, -0.2) is 45.2 Å². The molecular formula is C11H15N5. The van der Waals surface area contributed by atoms with Gasteiger partial charge in [0.1, 0.15) is 5.52 Å². The zero-order valence-electron chi connectivity index (χ0n) is 9.35. The molecule has 0 saturated carbocycles. The zero-order chi connectivity index (χ0) is 11.0. The van der Waals surface area contributed by atoms with E-state index in [0.717, 1.165) is 23.4 Å². The van der Waals surface area contributed by atoms with Gasteiger partial charge in [-0.3, -0.25) is 5.10 Å². The first-order valence-corrected chi connectivity index (χ1v) is 5.68. The molecule has 0 unspecified atom stereocenters. The van der Waals surface area contributed by atoms with Crippen molar-refractivity contribution in [1.29, 1.82) is 0 Å². The molecule has 16 heavy (non-hydrogen) atoms. The molecule has 1 saturated heterocycles. The molecule has 1 aliphatic heterocycles. The van der Waals surface area contributed by atoms with Crippen molar-refractivity contribution in [2.45, 2.75) is 18.8 Å². The van der Waals surface area contributed by atoms with Gasteiger partial charge in [0.2, 0.25) is 0 Å². The van der Waals surface area contributed by atoms with Crippen LogP contribution in [0.2, 0.25) is 0 Å². The van der Waals surface area contributed by atoms with E-state index in [2.05, 4.69) is 32.1 Å². The Morgan fingerprint density at radius 1 is 1.38 bits per heavy atom. The summed E-state index contributed by atoms with van der Waals surface area (Å²) < 4.78 is 0. The van der Waals surface area contributed by atoms with Gasteiger partial charge in [0.15, 0.2) is 5.65 Å². The van der Waals surface area contributed by atoms with Gasteiger partial charge in [-0.15, -0.1) is 0 Å². The Bertz CT molecular complexity index is 492. The average molecular weight is 217 g/mol. The summed E-state index contributed by atoms with van der Waals surface area (Å²) in [4.78, 5) is 10.9.